The van der Waals surface area contributed by atoms with E-state index in [2.05, 4.69) is 45.4 Å². The van der Waals surface area contributed by atoms with Gasteiger partial charge in [-0.3, -0.25) is 24.5 Å². The van der Waals surface area contributed by atoms with Crippen LogP contribution in [0.15, 0.2) is 78.9 Å². The lowest BCUT2D eigenvalue weighted by molar-refractivity contribution is -0.138. The second kappa shape index (κ2) is 22.1. The maximum atomic E-state index is 15.8. The van der Waals surface area contributed by atoms with Crippen molar-refractivity contribution in [2.75, 3.05) is 68.1 Å². The number of alkyl halides is 3. The zero-order valence-corrected chi connectivity index (χ0v) is 43.2. The predicted octanol–water partition coefficient (Wildman–Crippen LogP) is 7.13. The Bertz CT molecular complexity index is 3300. The lowest BCUT2D eigenvalue weighted by atomic mass is 10.0. The number of rotatable bonds is 14. The van der Waals surface area contributed by atoms with E-state index in [1.807, 2.05) is 41.3 Å². The molecule has 1 unspecified atom stereocenters. The van der Waals surface area contributed by atoms with Crippen LogP contribution in [0.2, 0.25) is 5.02 Å². The average molecular weight is 1090 g/mol. The molecule has 18 nitrogen and oxygen atoms in total. The first-order valence-electron chi connectivity index (χ1n) is 25.5. The standard InChI is InChI=1S/C55H54ClF4N11O7/c1-31(29-77-38-23-34(55(58,59)60)22-35(24-38)63-53(76)62-25-33-11-12-39-41(48(33)57)27-71(52(39)75)45-13-14-46(72)65-50(45)73)51(74)70-21-20-69(26-36(70)15-17-61)49-40-16-19-68(44-10-4-7-32-6-3-9-42(56)47(32)44)28-43(40)64-54(66-49)78-30-37-8-5-18-67(37)2/h3-4,6-7,9-12,22-24,36-37,45H,1,5,8,13-16,18-21,25-30H2,2H3,(H2,62,63,76)(H,65,72,73)/t36-,37-,45?/m0/s1. The molecule has 0 bridgehead atoms. The maximum Gasteiger partial charge on any atom is 0.416 e. The molecule has 0 spiro atoms. The molecule has 0 aliphatic carbocycles. The third-order valence-corrected chi connectivity index (χ3v) is 15.3. The number of carbonyl (C=O) groups excluding carboxylic acids is 5. The first-order valence-corrected chi connectivity index (χ1v) is 25.9. The number of nitriles is 1. The second-order valence-electron chi connectivity index (χ2n) is 20.0. The molecule has 78 heavy (non-hydrogen) atoms. The number of hydrogen-bond donors (Lipinski definition) is 3. The Balaban J connectivity index is 0.798. The van der Waals surface area contributed by atoms with E-state index in [9.17, 15) is 42.4 Å². The Morgan fingerprint density at radius 3 is 2.50 bits per heavy atom. The first-order chi connectivity index (χ1) is 37.4. The molecule has 3 fully saturated rings. The number of nitrogens with one attached hydrogen (secondary N) is 3. The number of hydrogen-bond acceptors (Lipinski definition) is 13. The van der Waals surface area contributed by atoms with Gasteiger partial charge in [-0.2, -0.15) is 28.4 Å². The van der Waals surface area contributed by atoms with Gasteiger partial charge in [-0.1, -0.05) is 48.5 Å². The van der Waals surface area contributed by atoms with Gasteiger partial charge in [0.2, 0.25) is 11.8 Å². The lowest BCUT2D eigenvalue weighted by Crippen LogP contribution is -2.56. The highest BCUT2D eigenvalue weighted by Crippen LogP contribution is 2.39. The molecular weight excluding hydrogens is 1040 g/mol. The lowest BCUT2D eigenvalue weighted by Gasteiger charge is -2.42. The Labute approximate surface area is 450 Å². The Kier molecular flexibility index (Phi) is 15.1. The number of aromatic nitrogens is 2. The summed E-state index contributed by atoms with van der Waals surface area (Å²) in [6.45, 7) is 5.82. The highest BCUT2D eigenvalue weighted by molar-refractivity contribution is 6.36. The maximum absolute atomic E-state index is 15.8. The summed E-state index contributed by atoms with van der Waals surface area (Å²) in [5.74, 6) is -2.81. The van der Waals surface area contributed by atoms with Crippen LogP contribution in [0.25, 0.3) is 10.8 Å². The number of urea groups is 1. The number of imide groups is 1. The minimum atomic E-state index is -4.89. The van der Waals surface area contributed by atoms with E-state index in [4.69, 9.17) is 31.0 Å². The van der Waals surface area contributed by atoms with Gasteiger partial charge in [0, 0.05) is 95.8 Å². The Morgan fingerprint density at radius 1 is 0.936 bits per heavy atom. The van der Waals surface area contributed by atoms with Crippen LogP contribution < -0.4 is 35.2 Å². The number of piperidine rings is 1. The molecule has 23 heteroatoms. The highest BCUT2D eigenvalue weighted by atomic mass is 35.5. The molecule has 406 valence electrons. The van der Waals surface area contributed by atoms with E-state index in [1.54, 1.807) is 0 Å². The van der Waals surface area contributed by atoms with Crippen LogP contribution in [-0.2, 0) is 46.6 Å². The van der Waals surface area contributed by atoms with Gasteiger partial charge in [0.1, 0.15) is 36.6 Å². The number of ether oxygens (including phenoxy) is 2. The van der Waals surface area contributed by atoms with Gasteiger partial charge in [-0.15, -0.1) is 0 Å². The summed E-state index contributed by atoms with van der Waals surface area (Å²) in [6, 6.07) is 17.0. The van der Waals surface area contributed by atoms with Crippen LogP contribution in [0.3, 0.4) is 0 Å². The molecule has 4 aromatic carbocycles. The number of anilines is 3. The van der Waals surface area contributed by atoms with E-state index in [0.717, 1.165) is 53.2 Å². The van der Waals surface area contributed by atoms with Crippen molar-refractivity contribution in [1.82, 2.24) is 35.3 Å². The summed E-state index contributed by atoms with van der Waals surface area (Å²) in [7, 11) is 2.06. The van der Waals surface area contributed by atoms with Gasteiger partial charge in [0.15, 0.2) is 0 Å². The van der Waals surface area contributed by atoms with Gasteiger partial charge in [-0.25, -0.2) is 9.18 Å². The fourth-order valence-electron chi connectivity index (χ4n) is 10.9. The van der Waals surface area contributed by atoms with E-state index < -0.39 is 72.5 Å². The van der Waals surface area contributed by atoms with Crippen LogP contribution in [0.4, 0.5) is 39.5 Å². The molecule has 0 radical (unpaired) electrons. The number of likely N-dealkylation sites (tertiary alicyclic amines) is 1. The second-order valence-corrected chi connectivity index (χ2v) is 20.4. The van der Waals surface area contributed by atoms with Crippen molar-refractivity contribution >= 4 is 69.2 Å². The summed E-state index contributed by atoms with van der Waals surface area (Å²) in [5, 5.41) is 19.5. The average Bonchev–Trinajstić information content (AvgIpc) is 4.11. The van der Waals surface area contributed by atoms with Gasteiger partial charge in [-0.05, 0) is 75.0 Å². The number of fused-ring (bicyclic) bond motifs is 3. The van der Waals surface area contributed by atoms with Gasteiger partial charge in [0.25, 0.3) is 11.8 Å². The Morgan fingerprint density at radius 2 is 1.74 bits per heavy atom. The summed E-state index contributed by atoms with van der Waals surface area (Å²) in [4.78, 5) is 83.6. The van der Waals surface area contributed by atoms with E-state index in [1.165, 1.54) is 21.9 Å². The molecule has 3 saturated heterocycles. The molecule has 5 aromatic rings. The van der Waals surface area contributed by atoms with Crippen molar-refractivity contribution in [3.63, 3.8) is 0 Å². The minimum absolute atomic E-state index is 0.00726. The molecule has 3 N–H and O–H groups in total. The summed E-state index contributed by atoms with van der Waals surface area (Å²) >= 11 is 6.77. The number of likely N-dealkylation sites (N-methyl/N-ethyl adjacent to an activating group) is 1. The van der Waals surface area contributed by atoms with Crippen molar-refractivity contribution in [1.29, 1.82) is 5.26 Å². The van der Waals surface area contributed by atoms with Crippen molar-refractivity contribution < 1.29 is 51.0 Å². The number of piperazine rings is 1. The molecule has 3 atom stereocenters. The van der Waals surface area contributed by atoms with Crippen LogP contribution in [-0.4, -0.2) is 125 Å². The molecule has 5 aliphatic heterocycles. The van der Waals surface area contributed by atoms with E-state index >= 15 is 4.39 Å². The highest BCUT2D eigenvalue weighted by Gasteiger charge is 2.41. The van der Waals surface area contributed by atoms with E-state index in [-0.39, 0.29) is 84.6 Å². The minimum Gasteiger partial charge on any atom is -0.489 e. The number of carbonyl (C=O) groups is 5. The quantitative estimate of drug-likeness (QED) is 0.0576. The van der Waals surface area contributed by atoms with Crippen molar-refractivity contribution in [2.24, 2.45) is 0 Å². The van der Waals surface area contributed by atoms with Crippen LogP contribution in [0.5, 0.6) is 11.8 Å². The molecular formula is C55H54ClF4N11O7. The molecule has 6 heterocycles. The normalized spacial score (nSPS) is 19.6. The number of nitrogens with zero attached hydrogens (tertiary/aromatic N) is 8. The third-order valence-electron chi connectivity index (χ3n) is 15.0. The predicted molar refractivity (Wildman–Crippen MR) is 279 cm³/mol. The van der Waals surface area contributed by atoms with Gasteiger partial charge >= 0.3 is 18.2 Å². The summed E-state index contributed by atoms with van der Waals surface area (Å²) in [5.41, 5.74) is 1.05. The Hall–Kier alpha value is -8.03. The van der Waals surface area contributed by atoms with Crippen molar-refractivity contribution in [3.05, 3.63) is 123 Å². The first kappa shape index (κ1) is 53.4. The largest absolute Gasteiger partial charge is 0.489 e. The summed E-state index contributed by atoms with van der Waals surface area (Å²) < 4.78 is 70.5. The van der Waals surface area contributed by atoms with Gasteiger partial charge in [0.05, 0.1) is 47.9 Å². The topological polar surface area (TPSA) is 206 Å². The molecule has 6 amide bonds. The van der Waals surface area contributed by atoms with Crippen molar-refractivity contribution in [2.45, 2.75) is 82.5 Å². The summed E-state index contributed by atoms with van der Waals surface area (Å²) in [6.07, 6.45) is -2.22. The molecule has 5 aliphatic rings. The van der Waals surface area contributed by atoms with Crippen LogP contribution >= 0.6 is 11.6 Å². The number of halogens is 5. The van der Waals surface area contributed by atoms with Gasteiger partial charge < -0.3 is 44.6 Å². The smallest absolute Gasteiger partial charge is 0.416 e. The van der Waals surface area contributed by atoms with Crippen LogP contribution in [0.1, 0.15) is 70.4 Å². The SMILES string of the molecule is C=C(COc1cc(NC(=O)NCc2ccc3c(c2F)CN(C2CCC(=O)NC2=O)C3=O)cc(C(F)(F)F)c1)C(=O)N1CCN(c2nc(OC[C@@H]3CCCN3C)nc3c2CCN(c2cccc4cccc(Cl)c24)C3)C[C@@H]1CC#N. The number of benzene rings is 4. The monoisotopic (exact) mass is 1090 g/mol. The molecule has 10 rings (SSSR count). The fourth-order valence-corrected chi connectivity index (χ4v) is 11.2. The number of amides is 6. The zero-order chi connectivity index (χ0) is 55.0. The molecule has 0 saturated carbocycles. The van der Waals surface area contributed by atoms with Crippen LogP contribution in [0, 0.1) is 17.1 Å². The molecule has 1 aromatic heterocycles. The van der Waals surface area contributed by atoms with E-state index in [0.29, 0.717) is 55.6 Å². The zero-order valence-electron chi connectivity index (χ0n) is 42.4. The third kappa shape index (κ3) is 11.1. The van der Waals surface area contributed by atoms with Crippen molar-refractivity contribution in [3.8, 4) is 17.8 Å². The fraction of sp³-hybridized carbons (Fsp3) is 0.382.